The minimum atomic E-state index is -0.970. The number of nitrogens with zero attached hydrogens (tertiary/aromatic N) is 1. The number of esters is 1. The number of methoxy groups -OCH3 is 1. The predicted molar refractivity (Wildman–Crippen MR) is 105 cm³/mol. The van der Waals surface area contributed by atoms with Crippen LogP contribution in [0.4, 0.5) is 14.5 Å². The topological polar surface area (TPSA) is 70.9 Å². The number of hydrogen-bond acceptors (Lipinski definition) is 4. The second kappa shape index (κ2) is 9.60. The van der Waals surface area contributed by atoms with Gasteiger partial charge in [-0.25, -0.2) is 18.6 Å². The molecule has 0 amide bonds. The Hall–Kier alpha value is -2.80. The fourth-order valence-corrected chi connectivity index (χ4v) is 3.81. The SMILES string of the molecule is COC(=O)c1ccc(C2CCC(CC(=Nc3ccc(F)c(F)c3)NO)CC2)cc1. The van der Waals surface area contributed by atoms with Crippen molar-refractivity contribution in [3.8, 4) is 0 Å². The molecule has 0 spiro atoms. The van der Waals surface area contributed by atoms with Crippen LogP contribution in [0.25, 0.3) is 0 Å². The minimum absolute atomic E-state index is 0.250. The number of nitrogens with one attached hydrogen (secondary N) is 1. The van der Waals surface area contributed by atoms with Gasteiger partial charge in [0.25, 0.3) is 0 Å². The standard InChI is InChI=1S/C22H24F2N2O3/c1-29-22(27)17-8-6-16(7-9-17)15-4-2-14(3-5-15)12-21(26-28)25-18-10-11-19(23)20(24)13-18/h6-11,13-15,28H,2-5,12H2,1H3,(H,25,26). The Kier molecular flexibility index (Phi) is 6.93. The molecular weight excluding hydrogens is 378 g/mol. The molecule has 0 unspecified atom stereocenters. The molecule has 0 aliphatic heterocycles. The summed E-state index contributed by atoms with van der Waals surface area (Å²) in [5.41, 5.74) is 4.08. The Morgan fingerprint density at radius 1 is 1.10 bits per heavy atom. The molecule has 1 aliphatic carbocycles. The summed E-state index contributed by atoms with van der Waals surface area (Å²) < 4.78 is 31.1. The lowest BCUT2D eigenvalue weighted by atomic mass is 9.77. The van der Waals surface area contributed by atoms with E-state index in [1.165, 1.54) is 18.7 Å². The molecule has 0 aromatic heterocycles. The van der Waals surface area contributed by atoms with Crippen LogP contribution in [-0.2, 0) is 4.74 Å². The first kappa shape index (κ1) is 20.9. The van der Waals surface area contributed by atoms with E-state index in [9.17, 15) is 18.8 Å². The molecule has 2 aromatic carbocycles. The normalized spacial score (nSPS) is 19.7. The molecule has 1 fully saturated rings. The molecule has 0 heterocycles. The molecule has 5 nitrogen and oxygen atoms in total. The van der Waals surface area contributed by atoms with Gasteiger partial charge in [0.2, 0.25) is 0 Å². The molecular formula is C22H24F2N2O3. The fourth-order valence-electron chi connectivity index (χ4n) is 3.81. The van der Waals surface area contributed by atoms with Crippen LogP contribution in [0.5, 0.6) is 0 Å². The van der Waals surface area contributed by atoms with E-state index in [-0.39, 0.29) is 11.7 Å². The quantitative estimate of drug-likeness (QED) is 0.315. The monoisotopic (exact) mass is 402 g/mol. The molecule has 0 bridgehead atoms. The molecule has 154 valence electrons. The Balaban J connectivity index is 1.57. The lowest BCUT2D eigenvalue weighted by Gasteiger charge is -2.29. The maximum atomic E-state index is 13.3. The van der Waals surface area contributed by atoms with Gasteiger partial charge in [-0.1, -0.05) is 12.1 Å². The Bertz CT molecular complexity index is 876. The van der Waals surface area contributed by atoms with Crippen molar-refractivity contribution in [2.24, 2.45) is 10.9 Å². The Morgan fingerprint density at radius 3 is 2.38 bits per heavy atom. The van der Waals surface area contributed by atoms with E-state index in [2.05, 4.69) is 10.5 Å². The average Bonchev–Trinajstić information content (AvgIpc) is 2.76. The van der Waals surface area contributed by atoms with Crippen LogP contribution in [0.1, 0.15) is 53.9 Å². The van der Waals surface area contributed by atoms with Gasteiger partial charge in [0.15, 0.2) is 11.6 Å². The number of hydrogen-bond donors (Lipinski definition) is 2. The molecule has 3 rings (SSSR count). The zero-order valence-electron chi connectivity index (χ0n) is 16.2. The summed E-state index contributed by atoms with van der Waals surface area (Å²) in [7, 11) is 1.36. The Morgan fingerprint density at radius 2 is 1.79 bits per heavy atom. The molecule has 7 heteroatoms. The van der Waals surface area contributed by atoms with Crippen LogP contribution in [0.3, 0.4) is 0 Å². The molecule has 0 radical (unpaired) electrons. The molecule has 2 N–H and O–H groups in total. The second-order valence-electron chi connectivity index (χ2n) is 7.30. The highest BCUT2D eigenvalue weighted by Crippen LogP contribution is 2.37. The first-order valence-corrected chi connectivity index (χ1v) is 9.61. The van der Waals surface area contributed by atoms with Crippen LogP contribution in [0.15, 0.2) is 47.5 Å². The molecule has 1 aliphatic rings. The summed E-state index contributed by atoms with van der Waals surface area (Å²) in [6, 6.07) is 10.9. The summed E-state index contributed by atoms with van der Waals surface area (Å²) in [5.74, 6) is -1.15. The summed E-state index contributed by atoms with van der Waals surface area (Å²) in [6.07, 6.45) is 4.44. The van der Waals surface area contributed by atoms with Crippen LogP contribution >= 0.6 is 0 Å². The van der Waals surface area contributed by atoms with Gasteiger partial charge >= 0.3 is 5.97 Å². The molecule has 2 aromatic rings. The first-order chi connectivity index (χ1) is 14.0. The summed E-state index contributed by atoms with van der Waals surface area (Å²) >= 11 is 0. The fraction of sp³-hybridized carbons (Fsp3) is 0.364. The number of aliphatic imine (C=N–C) groups is 1. The number of benzene rings is 2. The van der Waals surface area contributed by atoms with Crippen molar-refractivity contribution < 1.29 is 23.5 Å². The number of halogens is 2. The highest BCUT2D eigenvalue weighted by molar-refractivity contribution is 5.89. The van der Waals surface area contributed by atoms with E-state index in [0.29, 0.717) is 29.7 Å². The predicted octanol–water partition coefficient (Wildman–Crippen LogP) is 5.12. The van der Waals surface area contributed by atoms with E-state index >= 15 is 0 Å². The highest BCUT2D eigenvalue weighted by Gasteiger charge is 2.24. The van der Waals surface area contributed by atoms with Gasteiger partial charge in [0.1, 0.15) is 5.84 Å². The summed E-state index contributed by atoms with van der Waals surface area (Å²) in [4.78, 5) is 15.7. The number of amidine groups is 1. The minimum Gasteiger partial charge on any atom is -0.465 e. The van der Waals surface area contributed by atoms with E-state index < -0.39 is 11.6 Å². The van der Waals surface area contributed by atoms with Gasteiger partial charge < -0.3 is 4.74 Å². The van der Waals surface area contributed by atoms with Gasteiger partial charge in [-0.2, -0.15) is 0 Å². The maximum absolute atomic E-state index is 13.3. The number of carbonyl (C=O) groups is 1. The molecule has 1 saturated carbocycles. The van der Waals surface area contributed by atoms with Crippen molar-refractivity contribution in [3.63, 3.8) is 0 Å². The lowest BCUT2D eigenvalue weighted by Crippen LogP contribution is -2.24. The number of ether oxygens (including phenoxy) is 1. The zero-order chi connectivity index (χ0) is 20.8. The van der Waals surface area contributed by atoms with Crippen LogP contribution < -0.4 is 5.48 Å². The molecule has 0 atom stereocenters. The van der Waals surface area contributed by atoms with Gasteiger partial charge in [0.05, 0.1) is 18.4 Å². The van der Waals surface area contributed by atoms with Crippen molar-refractivity contribution in [2.45, 2.75) is 38.0 Å². The van der Waals surface area contributed by atoms with Crippen LogP contribution in [0.2, 0.25) is 0 Å². The third-order valence-corrected chi connectivity index (χ3v) is 5.43. The van der Waals surface area contributed by atoms with Gasteiger partial charge in [-0.15, -0.1) is 0 Å². The van der Waals surface area contributed by atoms with Gasteiger partial charge in [-0.05, 0) is 67.3 Å². The van der Waals surface area contributed by atoms with Crippen LogP contribution in [0, 0.1) is 17.6 Å². The van der Waals surface area contributed by atoms with E-state index in [1.54, 1.807) is 12.1 Å². The van der Waals surface area contributed by atoms with E-state index in [0.717, 1.165) is 37.8 Å². The van der Waals surface area contributed by atoms with Crippen LogP contribution in [-0.4, -0.2) is 24.1 Å². The van der Waals surface area contributed by atoms with Crippen molar-refractivity contribution in [1.29, 1.82) is 0 Å². The van der Waals surface area contributed by atoms with Gasteiger partial charge in [-0.3, -0.25) is 10.7 Å². The van der Waals surface area contributed by atoms with E-state index in [1.807, 2.05) is 12.1 Å². The summed E-state index contributed by atoms with van der Waals surface area (Å²) in [5, 5.41) is 9.38. The third-order valence-electron chi connectivity index (χ3n) is 5.43. The summed E-state index contributed by atoms with van der Waals surface area (Å²) in [6.45, 7) is 0. The van der Waals surface area contributed by atoms with E-state index in [4.69, 9.17) is 4.74 Å². The largest absolute Gasteiger partial charge is 0.465 e. The molecule has 29 heavy (non-hydrogen) atoms. The lowest BCUT2D eigenvalue weighted by molar-refractivity contribution is 0.0600. The molecule has 0 saturated heterocycles. The number of carbonyl (C=O) groups excluding carboxylic acids is 1. The average molecular weight is 402 g/mol. The van der Waals surface area contributed by atoms with Gasteiger partial charge in [0, 0.05) is 12.5 Å². The van der Waals surface area contributed by atoms with Crippen molar-refractivity contribution in [1.82, 2.24) is 5.48 Å². The van der Waals surface area contributed by atoms with Crippen molar-refractivity contribution in [2.75, 3.05) is 7.11 Å². The second-order valence-corrected chi connectivity index (χ2v) is 7.30. The number of rotatable bonds is 5. The third kappa shape index (κ3) is 5.38. The zero-order valence-corrected chi connectivity index (χ0v) is 16.2. The van der Waals surface area contributed by atoms with Crippen molar-refractivity contribution in [3.05, 3.63) is 65.2 Å². The van der Waals surface area contributed by atoms with Crippen molar-refractivity contribution >= 4 is 17.5 Å². The maximum Gasteiger partial charge on any atom is 0.337 e. The smallest absolute Gasteiger partial charge is 0.337 e. The Labute approximate surface area is 168 Å². The number of hydroxylamine groups is 1. The highest BCUT2D eigenvalue weighted by atomic mass is 19.2. The first-order valence-electron chi connectivity index (χ1n) is 9.61.